The number of cyclic esters (lactones) is 3. The second-order valence-corrected chi connectivity index (χ2v) is 4.42. The van der Waals surface area contributed by atoms with E-state index >= 15 is 0 Å². The first-order chi connectivity index (χ1) is 9.15. The standard InChI is InChI=1S/C13H11NO5/c15-10-6-5-9(13(17)18-10)14-11-7-3-1-2-4-8(7)12(16)19-11/h1-4,9,11,14H,5-6H2/t9-,11-/m0/s1. The van der Waals surface area contributed by atoms with Crippen molar-refractivity contribution < 1.29 is 23.9 Å². The highest BCUT2D eigenvalue weighted by molar-refractivity contribution is 5.94. The summed E-state index contributed by atoms with van der Waals surface area (Å²) in [5, 5.41) is 2.90. The average Bonchev–Trinajstić information content (AvgIpc) is 2.71. The molecule has 2 aliphatic rings. The lowest BCUT2D eigenvalue weighted by molar-refractivity contribution is -0.166. The van der Waals surface area contributed by atoms with Gasteiger partial charge in [-0.15, -0.1) is 0 Å². The van der Waals surface area contributed by atoms with Gasteiger partial charge >= 0.3 is 17.9 Å². The highest BCUT2D eigenvalue weighted by Crippen LogP contribution is 2.29. The van der Waals surface area contributed by atoms with Gasteiger partial charge < -0.3 is 9.47 Å². The van der Waals surface area contributed by atoms with E-state index in [9.17, 15) is 14.4 Å². The molecule has 2 aliphatic heterocycles. The number of ether oxygens (including phenoxy) is 2. The average molecular weight is 261 g/mol. The van der Waals surface area contributed by atoms with Gasteiger partial charge in [-0.1, -0.05) is 18.2 Å². The lowest BCUT2D eigenvalue weighted by atomic mass is 10.1. The van der Waals surface area contributed by atoms with Crippen molar-refractivity contribution in [3.05, 3.63) is 35.4 Å². The summed E-state index contributed by atoms with van der Waals surface area (Å²) >= 11 is 0. The van der Waals surface area contributed by atoms with Crippen LogP contribution in [0.2, 0.25) is 0 Å². The molecular formula is C13H11NO5. The molecule has 6 nitrogen and oxygen atoms in total. The molecule has 1 aromatic rings. The molecule has 6 heteroatoms. The Bertz CT molecular complexity index is 568. The Morgan fingerprint density at radius 2 is 1.95 bits per heavy atom. The number of benzene rings is 1. The zero-order valence-corrected chi connectivity index (χ0v) is 9.92. The van der Waals surface area contributed by atoms with Crippen LogP contribution < -0.4 is 5.32 Å². The summed E-state index contributed by atoms with van der Waals surface area (Å²) in [4.78, 5) is 34.1. The molecule has 1 aromatic carbocycles. The Balaban J connectivity index is 1.77. The third-order valence-corrected chi connectivity index (χ3v) is 3.18. The number of fused-ring (bicyclic) bond motifs is 1. The second-order valence-electron chi connectivity index (χ2n) is 4.42. The lowest BCUT2D eigenvalue weighted by Gasteiger charge is -2.23. The molecule has 0 radical (unpaired) electrons. The topological polar surface area (TPSA) is 81.7 Å². The number of carbonyl (C=O) groups excluding carboxylic acids is 3. The Labute approximate surface area is 108 Å². The van der Waals surface area contributed by atoms with E-state index in [0.717, 1.165) is 0 Å². The molecule has 0 saturated carbocycles. The minimum absolute atomic E-state index is 0.172. The van der Waals surface area contributed by atoms with Gasteiger partial charge in [0.1, 0.15) is 6.04 Å². The molecule has 0 aliphatic carbocycles. The number of esters is 3. The van der Waals surface area contributed by atoms with Crippen LogP contribution >= 0.6 is 0 Å². The minimum atomic E-state index is -0.672. The monoisotopic (exact) mass is 261 g/mol. The maximum absolute atomic E-state index is 11.6. The Morgan fingerprint density at radius 1 is 1.16 bits per heavy atom. The van der Waals surface area contributed by atoms with Crippen molar-refractivity contribution >= 4 is 17.9 Å². The molecule has 98 valence electrons. The van der Waals surface area contributed by atoms with Crippen molar-refractivity contribution in [3.63, 3.8) is 0 Å². The minimum Gasteiger partial charge on any atom is -0.439 e. The first kappa shape index (κ1) is 11.9. The molecule has 1 N–H and O–H groups in total. The van der Waals surface area contributed by atoms with Crippen molar-refractivity contribution in [2.45, 2.75) is 25.1 Å². The summed E-state index contributed by atoms with van der Waals surface area (Å²) in [5.41, 5.74) is 1.18. The van der Waals surface area contributed by atoms with E-state index in [4.69, 9.17) is 4.74 Å². The number of nitrogens with one attached hydrogen (secondary N) is 1. The van der Waals surface area contributed by atoms with Gasteiger partial charge in [0, 0.05) is 12.0 Å². The number of carbonyl (C=O) groups is 3. The van der Waals surface area contributed by atoms with E-state index in [1.807, 2.05) is 0 Å². The van der Waals surface area contributed by atoms with Crippen LogP contribution in [0.25, 0.3) is 0 Å². The fraction of sp³-hybridized carbons (Fsp3) is 0.308. The maximum Gasteiger partial charge on any atom is 0.340 e. The number of hydrogen-bond acceptors (Lipinski definition) is 6. The van der Waals surface area contributed by atoms with Crippen LogP contribution in [0.15, 0.2) is 24.3 Å². The van der Waals surface area contributed by atoms with Crippen LogP contribution in [-0.2, 0) is 19.1 Å². The van der Waals surface area contributed by atoms with Gasteiger partial charge in [-0.25, -0.2) is 9.59 Å². The van der Waals surface area contributed by atoms with Crippen LogP contribution in [-0.4, -0.2) is 23.9 Å². The van der Waals surface area contributed by atoms with Gasteiger partial charge in [0.15, 0.2) is 6.23 Å². The Kier molecular flexibility index (Phi) is 2.79. The third kappa shape index (κ3) is 2.10. The largest absolute Gasteiger partial charge is 0.439 e. The van der Waals surface area contributed by atoms with Gasteiger partial charge in [0.25, 0.3) is 0 Å². The summed E-state index contributed by atoms with van der Waals surface area (Å²) in [7, 11) is 0. The molecule has 0 bridgehead atoms. The highest BCUT2D eigenvalue weighted by atomic mass is 16.6. The summed E-state index contributed by atoms with van der Waals surface area (Å²) in [6.45, 7) is 0. The first-order valence-corrected chi connectivity index (χ1v) is 5.95. The van der Waals surface area contributed by atoms with Crippen LogP contribution in [0.1, 0.15) is 35.0 Å². The molecule has 1 saturated heterocycles. The van der Waals surface area contributed by atoms with E-state index in [0.29, 0.717) is 17.5 Å². The predicted octanol–water partition coefficient (Wildman–Crippen LogP) is 0.677. The lowest BCUT2D eigenvalue weighted by Crippen LogP contribution is -2.44. The zero-order valence-electron chi connectivity index (χ0n) is 9.92. The van der Waals surface area contributed by atoms with Gasteiger partial charge in [-0.2, -0.15) is 0 Å². The molecule has 2 heterocycles. The van der Waals surface area contributed by atoms with E-state index in [1.165, 1.54) is 0 Å². The molecule has 0 unspecified atom stereocenters. The van der Waals surface area contributed by atoms with Gasteiger partial charge in [0.05, 0.1) is 5.56 Å². The summed E-state index contributed by atoms with van der Waals surface area (Å²) in [6.07, 6.45) is -0.158. The van der Waals surface area contributed by atoms with Crippen molar-refractivity contribution in [1.29, 1.82) is 0 Å². The zero-order chi connectivity index (χ0) is 13.4. The quantitative estimate of drug-likeness (QED) is 0.622. The number of hydrogen-bond donors (Lipinski definition) is 1. The first-order valence-electron chi connectivity index (χ1n) is 5.95. The van der Waals surface area contributed by atoms with E-state index in [1.54, 1.807) is 24.3 Å². The SMILES string of the molecule is O=C1CC[C@H](N[C@H]2OC(=O)c3ccccc32)C(=O)O1. The van der Waals surface area contributed by atoms with Crippen LogP contribution in [0, 0.1) is 0 Å². The van der Waals surface area contributed by atoms with Gasteiger partial charge in [-0.05, 0) is 12.5 Å². The van der Waals surface area contributed by atoms with Crippen LogP contribution in [0.4, 0.5) is 0 Å². The summed E-state index contributed by atoms with van der Waals surface area (Å²) in [6, 6.07) is 6.33. The fourth-order valence-corrected chi connectivity index (χ4v) is 2.22. The molecule has 19 heavy (non-hydrogen) atoms. The second kappa shape index (κ2) is 4.47. The van der Waals surface area contributed by atoms with E-state index in [-0.39, 0.29) is 6.42 Å². The fourth-order valence-electron chi connectivity index (χ4n) is 2.22. The third-order valence-electron chi connectivity index (χ3n) is 3.18. The maximum atomic E-state index is 11.6. The molecule has 0 spiro atoms. The predicted molar refractivity (Wildman–Crippen MR) is 61.9 cm³/mol. The molecule has 3 rings (SSSR count). The molecule has 1 fully saturated rings. The van der Waals surface area contributed by atoms with Gasteiger partial charge in [0.2, 0.25) is 0 Å². The molecule has 0 amide bonds. The van der Waals surface area contributed by atoms with Crippen molar-refractivity contribution in [2.75, 3.05) is 0 Å². The van der Waals surface area contributed by atoms with Crippen LogP contribution in [0.5, 0.6) is 0 Å². The normalized spacial score (nSPS) is 25.8. The Morgan fingerprint density at radius 3 is 2.74 bits per heavy atom. The molecular weight excluding hydrogens is 250 g/mol. The van der Waals surface area contributed by atoms with E-state index in [2.05, 4.69) is 10.1 Å². The van der Waals surface area contributed by atoms with Crippen molar-refractivity contribution in [2.24, 2.45) is 0 Å². The Hall–Kier alpha value is -2.21. The highest BCUT2D eigenvalue weighted by Gasteiger charge is 2.36. The van der Waals surface area contributed by atoms with Crippen molar-refractivity contribution in [1.82, 2.24) is 5.32 Å². The van der Waals surface area contributed by atoms with Crippen LogP contribution in [0.3, 0.4) is 0 Å². The smallest absolute Gasteiger partial charge is 0.340 e. The van der Waals surface area contributed by atoms with Crippen molar-refractivity contribution in [3.8, 4) is 0 Å². The summed E-state index contributed by atoms with van der Waals surface area (Å²) in [5.74, 6) is -1.57. The number of rotatable bonds is 2. The van der Waals surface area contributed by atoms with E-state index < -0.39 is 30.2 Å². The molecule has 2 atom stereocenters. The molecule has 0 aromatic heterocycles. The van der Waals surface area contributed by atoms with Gasteiger partial charge in [-0.3, -0.25) is 10.1 Å². The summed E-state index contributed by atoms with van der Waals surface area (Å²) < 4.78 is 9.71.